The van der Waals surface area contributed by atoms with E-state index in [4.69, 9.17) is 4.74 Å². The fraction of sp³-hybridized carbons (Fsp3) is 0.500. The first-order valence-corrected chi connectivity index (χ1v) is 5.16. The summed E-state index contributed by atoms with van der Waals surface area (Å²) in [6, 6.07) is 6.00. The molecule has 0 spiro atoms. The summed E-state index contributed by atoms with van der Waals surface area (Å²) >= 11 is 0. The Labute approximate surface area is 91.7 Å². The number of carbonyl (C=O) groups excluding carboxylic acids is 1. The maximum Gasteiger partial charge on any atom is 0.305 e. The fourth-order valence-corrected chi connectivity index (χ4v) is 0.831. The Morgan fingerprint density at radius 2 is 1.80 bits per heavy atom. The van der Waals surface area contributed by atoms with Crippen molar-refractivity contribution in [2.75, 3.05) is 0 Å². The van der Waals surface area contributed by atoms with E-state index < -0.39 is 0 Å². The molecule has 1 rings (SSSR count). The van der Waals surface area contributed by atoms with Crippen LogP contribution in [0.3, 0.4) is 0 Å². The van der Waals surface area contributed by atoms with Crippen LogP contribution >= 0.6 is 0 Å². The second-order valence-corrected chi connectivity index (χ2v) is 3.43. The average Bonchev–Trinajstić information content (AvgIpc) is 2.19. The van der Waals surface area contributed by atoms with Crippen LogP contribution < -0.4 is 4.57 Å². The Balaban J connectivity index is 0.000000262. The lowest BCUT2D eigenvalue weighted by molar-refractivity contribution is -0.671. The summed E-state index contributed by atoms with van der Waals surface area (Å²) in [7, 11) is 2.00. The van der Waals surface area contributed by atoms with Crippen LogP contribution in [0.5, 0.6) is 0 Å². The zero-order valence-electron chi connectivity index (χ0n) is 9.93. The average molecular weight is 210 g/mol. The minimum absolute atomic E-state index is 0.0300. The molecule has 0 aliphatic carbocycles. The second kappa shape index (κ2) is 7.97. The fourth-order valence-electron chi connectivity index (χ4n) is 0.831. The van der Waals surface area contributed by atoms with E-state index in [2.05, 4.69) is 0 Å². The van der Waals surface area contributed by atoms with Gasteiger partial charge in [-0.3, -0.25) is 4.79 Å². The number of aromatic nitrogens is 1. The summed E-state index contributed by atoms with van der Waals surface area (Å²) < 4.78 is 6.76. The van der Waals surface area contributed by atoms with Gasteiger partial charge in [-0.15, -0.1) is 0 Å². The molecule has 0 aliphatic rings. The molecule has 0 atom stereocenters. The van der Waals surface area contributed by atoms with Crippen LogP contribution in [-0.2, 0) is 16.6 Å². The highest BCUT2D eigenvalue weighted by atomic mass is 16.5. The zero-order chi connectivity index (χ0) is 11.7. The van der Waals surface area contributed by atoms with Crippen molar-refractivity contribution in [3.05, 3.63) is 30.6 Å². The van der Waals surface area contributed by atoms with Crippen molar-refractivity contribution < 1.29 is 14.1 Å². The van der Waals surface area contributed by atoms with Gasteiger partial charge in [-0.25, -0.2) is 4.57 Å². The number of aryl methyl sites for hydroxylation is 1. The van der Waals surface area contributed by atoms with E-state index in [0.717, 1.165) is 0 Å². The van der Waals surface area contributed by atoms with E-state index in [1.807, 2.05) is 56.1 Å². The summed E-state index contributed by atoms with van der Waals surface area (Å²) in [5.41, 5.74) is 0. The number of esters is 1. The molecule has 0 saturated heterocycles. The smallest absolute Gasteiger partial charge is 0.305 e. The van der Waals surface area contributed by atoms with Crippen molar-refractivity contribution in [2.45, 2.75) is 33.3 Å². The highest BCUT2D eigenvalue weighted by molar-refractivity contribution is 5.68. The largest absolute Gasteiger partial charge is 0.463 e. The summed E-state index contributed by atoms with van der Waals surface area (Å²) in [6.07, 6.45) is 4.50. The molecule has 0 saturated carbocycles. The summed E-state index contributed by atoms with van der Waals surface area (Å²) in [5, 5.41) is 0. The molecule has 1 heterocycles. The van der Waals surface area contributed by atoms with Gasteiger partial charge in [0.2, 0.25) is 0 Å². The maximum absolute atomic E-state index is 10.4. The van der Waals surface area contributed by atoms with Crippen molar-refractivity contribution in [3.8, 4) is 0 Å². The summed E-state index contributed by atoms with van der Waals surface area (Å²) in [5.74, 6) is -0.125. The van der Waals surface area contributed by atoms with Gasteiger partial charge in [0.05, 0.1) is 6.10 Å². The van der Waals surface area contributed by atoms with Crippen molar-refractivity contribution in [2.24, 2.45) is 7.05 Å². The Hall–Kier alpha value is -1.38. The van der Waals surface area contributed by atoms with E-state index >= 15 is 0 Å². The molecule has 0 radical (unpaired) electrons. The van der Waals surface area contributed by atoms with Gasteiger partial charge in [0.15, 0.2) is 12.4 Å². The van der Waals surface area contributed by atoms with Crippen LogP contribution in [0.25, 0.3) is 0 Å². The van der Waals surface area contributed by atoms with Crippen LogP contribution in [-0.4, -0.2) is 12.1 Å². The van der Waals surface area contributed by atoms with E-state index in [-0.39, 0.29) is 12.1 Å². The quantitative estimate of drug-likeness (QED) is 0.551. The van der Waals surface area contributed by atoms with Crippen molar-refractivity contribution in [1.82, 2.24) is 0 Å². The van der Waals surface area contributed by atoms with E-state index in [0.29, 0.717) is 6.42 Å². The first-order valence-electron chi connectivity index (χ1n) is 5.16. The molecule has 3 nitrogen and oxygen atoms in total. The first-order chi connectivity index (χ1) is 7.06. The molecule has 3 heteroatoms. The van der Waals surface area contributed by atoms with Crippen LogP contribution in [0, 0.1) is 0 Å². The molecule has 0 N–H and O–H groups in total. The Bertz CT molecular complexity index is 270. The van der Waals surface area contributed by atoms with Gasteiger partial charge in [-0.05, 0) is 13.8 Å². The molecule has 1 aromatic heterocycles. The Morgan fingerprint density at radius 3 is 2.00 bits per heavy atom. The minimum atomic E-state index is -0.125. The van der Waals surface area contributed by atoms with Gasteiger partial charge >= 0.3 is 5.97 Å². The van der Waals surface area contributed by atoms with E-state index in [9.17, 15) is 4.79 Å². The third-order valence-corrected chi connectivity index (χ3v) is 1.52. The van der Waals surface area contributed by atoms with Crippen LogP contribution in [0.15, 0.2) is 30.6 Å². The molecule has 0 amide bonds. The van der Waals surface area contributed by atoms with Gasteiger partial charge < -0.3 is 4.74 Å². The molecule has 1 aromatic rings. The first kappa shape index (κ1) is 13.6. The molecular formula is C12H20NO2+. The molecule has 0 bridgehead atoms. The lowest BCUT2D eigenvalue weighted by Gasteiger charge is -2.04. The number of hydrogen-bond donors (Lipinski definition) is 0. The third-order valence-electron chi connectivity index (χ3n) is 1.52. The molecule has 15 heavy (non-hydrogen) atoms. The maximum atomic E-state index is 10.4. The van der Waals surface area contributed by atoms with Crippen molar-refractivity contribution >= 4 is 5.97 Å². The monoisotopic (exact) mass is 210 g/mol. The molecule has 0 aromatic carbocycles. The SMILES string of the molecule is CCC(=O)OC(C)C.C[n+]1ccccc1. The number of carbonyl (C=O) groups is 1. The third kappa shape index (κ3) is 8.94. The van der Waals surface area contributed by atoms with Gasteiger partial charge in [-0.1, -0.05) is 13.0 Å². The van der Waals surface area contributed by atoms with Gasteiger partial charge in [0.25, 0.3) is 0 Å². The van der Waals surface area contributed by atoms with Crippen molar-refractivity contribution in [1.29, 1.82) is 0 Å². The lowest BCUT2D eigenvalue weighted by atomic mass is 10.4. The topological polar surface area (TPSA) is 30.2 Å². The summed E-state index contributed by atoms with van der Waals surface area (Å²) in [4.78, 5) is 10.4. The van der Waals surface area contributed by atoms with E-state index in [1.165, 1.54) is 0 Å². The Kier molecular flexibility index (Phi) is 7.24. The molecular weight excluding hydrogens is 190 g/mol. The van der Waals surface area contributed by atoms with Gasteiger partial charge in [0.1, 0.15) is 7.05 Å². The van der Waals surface area contributed by atoms with Crippen molar-refractivity contribution in [3.63, 3.8) is 0 Å². The predicted octanol–water partition coefficient (Wildman–Crippen LogP) is 1.86. The molecule has 0 unspecified atom stereocenters. The number of rotatable bonds is 2. The number of ether oxygens (including phenoxy) is 1. The Morgan fingerprint density at radius 1 is 1.27 bits per heavy atom. The summed E-state index contributed by atoms with van der Waals surface area (Å²) in [6.45, 7) is 5.46. The molecule has 84 valence electrons. The van der Waals surface area contributed by atoms with Crippen LogP contribution in [0.4, 0.5) is 0 Å². The van der Waals surface area contributed by atoms with Gasteiger partial charge in [-0.2, -0.15) is 0 Å². The van der Waals surface area contributed by atoms with Crippen LogP contribution in [0.2, 0.25) is 0 Å². The number of pyridine rings is 1. The number of nitrogens with zero attached hydrogens (tertiary/aromatic N) is 1. The number of hydrogen-bond acceptors (Lipinski definition) is 2. The zero-order valence-corrected chi connectivity index (χ0v) is 9.93. The highest BCUT2D eigenvalue weighted by Gasteiger charge is 1.98. The minimum Gasteiger partial charge on any atom is -0.463 e. The van der Waals surface area contributed by atoms with Gasteiger partial charge in [0, 0.05) is 18.6 Å². The lowest BCUT2D eigenvalue weighted by Crippen LogP contribution is -2.25. The van der Waals surface area contributed by atoms with Crippen LogP contribution in [0.1, 0.15) is 27.2 Å². The normalized spacial score (nSPS) is 9.13. The van der Waals surface area contributed by atoms with E-state index in [1.54, 1.807) is 6.92 Å². The predicted molar refractivity (Wildman–Crippen MR) is 59.1 cm³/mol. The second-order valence-electron chi connectivity index (χ2n) is 3.43. The highest BCUT2D eigenvalue weighted by Crippen LogP contribution is 1.90. The standard InChI is InChI=1S/C6H8N.C6H12O2/c1-7-5-3-2-4-6-7;1-4-6(7)8-5(2)3/h2-6H,1H3;5H,4H2,1-3H3/q+1;. The molecule has 0 aliphatic heterocycles. The molecule has 0 fully saturated rings.